The third-order valence-electron chi connectivity index (χ3n) is 4.58. The van der Waals surface area contributed by atoms with Gasteiger partial charge < -0.3 is 14.9 Å². The molecule has 140 valence electrons. The number of Topliss-reactive ketones (excluding diaryl/α,β-unsaturated/α-hetero) is 1. The highest BCUT2D eigenvalue weighted by Crippen LogP contribution is 2.46. The van der Waals surface area contributed by atoms with Crippen molar-refractivity contribution in [1.29, 1.82) is 0 Å². The first-order chi connectivity index (χ1) is 13.0. The average molecular weight is 387 g/mol. The Balaban J connectivity index is 1.85. The molecule has 0 saturated heterocycles. The molecule has 1 aromatic carbocycles. The van der Waals surface area contributed by atoms with E-state index in [-0.39, 0.29) is 33.9 Å². The van der Waals surface area contributed by atoms with Crippen molar-refractivity contribution < 1.29 is 24.5 Å². The average Bonchev–Trinajstić information content (AvgIpc) is 3.31. The first-order valence-corrected chi connectivity index (χ1v) is 9.43. The van der Waals surface area contributed by atoms with E-state index in [2.05, 4.69) is 10.2 Å². The van der Waals surface area contributed by atoms with E-state index in [4.69, 9.17) is 4.74 Å². The molecule has 1 aliphatic carbocycles. The van der Waals surface area contributed by atoms with Crippen LogP contribution in [0.2, 0.25) is 0 Å². The van der Waals surface area contributed by atoms with Crippen LogP contribution in [0.15, 0.2) is 35.0 Å². The third kappa shape index (κ3) is 2.93. The van der Waals surface area contributed by atoms with Crippen molar-refractivity contribution in [1.82, 2.24) is 10.2 Å². The van der Waals surface area contributed by atoms with E-state index < -0.39 is 17.7 Å². The summed E-state index contributed by atoms with van der Waals surface area (Å²) in [6.45, 7) is 2.13. The van der Waals surface area contributed by atoms with Gasteiger partial charge in [-0.25, -0.2) is 0 Å². The number of carbonyl (C=O) groups is 2. The van der Waals surface area contributed by atoms with Crippen LogP contribution in [-0.4, -0.2) is 38.7 Å². The lowest BCUT2D eigenvalue weighted by atomic mass is 9.94. The second kappa shape index (κ2) is 6.66. The van der Waals surface area contributed by atoms with E-state index in [1.54, 1.807) is 19.1 Å². The van der Waals surface area contributed by atoms with E-state index in [1.165, 1.54) is 16.5 Å². The maximum atomic E-state index is 12.8. The number of aliphatic hydroxyl groups is 1. The third-order valence-corrected chi connectivity index (χ3v) is 5.26. The van der Waals surface area contributed by atoms with E-state index >= 15 is 0 Å². The van der Waals surface area contributed by atoms with Gasteiger partial charge in [0.25, 0.3) is 5.91 Å². The van der Waals surface area contributed by atoms with E-state index in [0.717, 1.165) is 24.2 Å². The van der Waals surface area contributed by atoms with Crippen LogP contribution in [0.3, 0.4) is 0 Å². The normalized spacial score (nSPS) is 19.7. The van der Waals surface area contributed by atoms with Crippen LogP contribution in [0.25, 0.3) is 0 Å². The zero-order valence-corrected chi connectivity index (χ0v) is 15.3. The van der Waals surface area contributed by atoms with Crippen LogP contribution in [0, 0.1) is 5.92 Å². The summed E-state index contributed by atoms with van der Waals surface area (Å²) in [6, 6.07) is 3.77. The molecule has 1 unspecified atom stereocenters. The van der Waals surface area contributed by atoms with Crippen molar-refractivity contribution in [2.45, 2.75) is 25.8 Å². The first kappa shape index (κ1) is 17.5. The Morgan fingerprint density at radius 2 is 2.15 bits per heavy atom. The van der Waals surface area contributed by atoms with Gasteiger partial charge in [-0.2, -0.15) is 0 Å². The minimum Gasteiger partial charge on any atom is -0.504 e. The molecule has 8 nitrogen and oxygen atoms in total. The predicted molar refractivity (Wildman–Crippen MR) is 96.8 cm³/mol. The monoisotopic (exact) mass is 387 g/mol. The lowest BCUT2D eigenvalue weighted by molar-refractivity contribution is -0.118. The molecule has 1 atom stereocenters. The van der Waals surface area contributed by atoms with E-state index in [0.29, 0.717) is 12.2 Å². The fraction of sp³-hybridized carbons (Fsp3) is 0.333. The highest BCUT2D eigenvalue weighted by atomic mass is 32.1. The number of anilines is 1. The van der Waals surface area contributed by atoms with Gasteiger partial charge in [-0.15, -0.1) is 10.2 Å². The molecule has 2 aliphatic rings. The summed E-state index contributed by atoms with van der Waals surface area (Å²) in [6.07, 6.45) is 1.49. The molecule has 1 saturated carbocycles. The molecule has 2 heterocycles. The van der Waals surface area contributed by atoms with Gasteiger partial charge in [-0.3, -0.25) is 14.5 Å². The number of ether oxygens (including phenoxy) is 1. The molecule has 27 heavy (non-hydrogen) atoms. The summed E-state index contributed by atoms with van der Waals surface area (Å²) in [7, 11) is 0. The topological polar surface area (TPSA) is 113 Å². The zero-order valence-electron chi connectivity index (χ0n) is 14.5. The quantitative estimate of drug-likeness (QED) is 0.783. The number of phenols is 1. The van der Waals surface area contributed by atoms with Gasteiger partial charge in [0.05, 0.1) is 18.2 Å². The number of phenolic OH excluding ortho intramolecular Hbond substituents is 1. The van der Waals surface area contributed by atoms with Gasteiger partial charge >= 0.3 is 0 Å². The summed E-state index contributed by atoms with van der Waals surface area (Å²) in [5.41, 5.74) is 2.07. The number of carbonyl (C=O) groups excluding carboxylic acids is 2. The number of hydrogen-bond donors (Lipinski definition) is 2. The maximum absolute atomic E-state index is 12.8. The molecule has 1 fully saturated rings. The number of aliphatic hydroxyl groups excluding tert-OH is 1. The Labute approximate surface area is 158 Å². The van der Waals surface area contributed by atoms with E-state index in [1.807, 2.05) is 0 Å². The Hall–Kier alpha value is -2.94. The van der Waals surface area contributed by atoms with Crippen LogP contribution in [-0.2, 0) is 9.59 Å². The lowest BCUT2D eigenvalue weighted by Crippen LogP contribution is -2.31. The van der Waals surface area contributed by atoms with Crippen LogP contribution < -0.4 is 9.64 Å². The minimum atomic E-state index is -0.849. The number of rotatable bonds is 6. The fourth-order valence-electron chi connectivity index (χ4n) is 3.18. The number of aromatic nitrogens is 2. The van der Waals surface area contributed by atoms with Gasteiger partial charge in [0.2, 0.25) is 5.13 Å². The lowest BCUT2D eigenvalue weighted by Gasteiger charge is -2.24. The SMILES string of the molecule is CCOc1cc(C2C(C(=O)C3CC3)=C(O)C(=O)N2c2nncs2)ccc1O. The molecule has 4 rings (SSSR count). The zero-order chi connectivity index (χ0) is 19.1. The largest absolute Gasteiger partial charge is 0.504 e. The Morgan fingerprint density at radius 1 is 1.37 bits per heavy atom. The highest BCUT2D eigenvalue weighted by molar-refractivity contribution is 7.13. The molecule has 0 bridgehead atoms. The van der Waals surface area contributed by atoms with Crippen molar-refractivity contribution in [3.63, 3.8) is 0 Å². The standard InChI is InChI=1S/C18H17N3O5S/c1-2-26-12-7-10(5-6-11(12)22)14-13(15(23)9-3-4-9)16(24)17(25)21(14)18-20-19-8-27-18/h5-9,14,22,24H,2-4H2,1H3. The molecule has 9 heteroatoms. The minimum absolute atomic E-state index is 0.0457. The number of amides is 1. The van der Waals surface area contributed by atoms with Crippen molar-refractivity contribution in [3.8, 4) is 11.5 Å². The Morgan fingerprint density at radius 3 is 2.78 bits per heavy atom. The molecule has 1 amide bonds. The maximum Gasteiger partial charge on any atom is 0.296 e. The van der Waals surface area contributed by atoms with Crippen molar-refractivity contribution in [3.05, 3.63) is 40.6 Å². The smallest absolute Gasteiger partial charge is 0.296 e. The number of hydrogen-bond acceptors (Lipinski definition) is 8. The van der Waals surface area contributed by atoms with Crippen molar-refractivity contribution in [2.75, 3.05) is 11.5 Å². The summed E-state index contributed by atoms with van der Waals surface area (Å²) >= 11 is 1.13. The Bertz CT molecular complexity index is 936. The number of ketones is 1. The number of benzene rings is 1. The van der Waals surface area contributed by atoms with Crippen LogP contribution in [0.4, 0.5) is 5.13 Å². The van der Waals surface area contributed by atoms with Gasteiger partial charge in [0.15, 0.2) is 23.0 Å². The molecule has 2 N–H and O–H groups in total. The van der Waals surface area contributed by atoms with Crippen LogP contribution in [0.5, 0.6) is 11.5 Å². The summed E-state index contributed by atoms with van der Waals surface area (Å²) in [4.78, 5) is 26.8. The molecule has 0 radical (unpaired) electrons. The van der Waals surface area contributed by atoms with Gasteiger partial charge in [0, 0.05) is 5.92 Å². The van der Waals surface area contributed by atoms with Crippen molar-refractivity contribution >= 4 is 28.2 Å². The summed E-state index contributed by atoms with van der Waals surface area (Å²) < 4.78 is 5.43. The highest BCUT2D eigenvalue weighted by Gasteiger charge is 2.48. The second-order valence-electron chi connectivity index (χ2n) is 6.36. The van der Waals surface area contributed by atoms with Crippen LogP contribution in [0.1, 0.15) is 31.4 Å². The summed E-state index contributed by atoms with van der Waals surface area (Å²) in [5.74, 6) is -1.45. The molecular formula is C18H17N3O5S. The summed E-state index contributed by atoms with van der Waals surface area (Å²) in [5, 5.41) is 28.4. The van der Waals surface area contributed by atoms with E-state index in [9.17, 15) is 19.8 Å². The predicted octanol–water partition coefficient (Wildman–Crippen LogP) is 2.52. The van der Waals surface area contributed by atoms with Gasteiger partial charge in [-0.1, -0.05) is 17.4 Å². The fourth-order valence-corrected chi connectivity index (χ4v) is 3.76. The molecule has 2 aromatic rings. The number of aromatic hydroxyl groups is 1. The van der Waals surface area contributed by atoms with Crippen LogP contribution >= 0.6 is 11.3 Å². The van der Waals surface area contributed by atoms with Crippen molar-refractivity contribution in [2.24, 2.45) is 5.92 Å². The Kier molecular flexibility index (Phi) is 4.31. The number of nitrogens with zero attached hydrogens (tertiary/aromatic N) is 3. The molecule has 1 aromatic heterocycles. The molecule has 1 aliphatic heterocycles. The second-order valence-corrected chi connectivity index (χ2v) is 7.17. The molecular weight excluding hydrogens is 370 g/mol. The van der Waals surface area contributed by atoms with Gasteiger partial charge in [-0.05, 0) is 37.5 Å². The molecule has 0 spiro atoms. The van der Waals surface area contributed by atoms with Gasteiger partial charge in [0.1, 0.15) is 5.51 Å². The first-order valence-electron chi connectivity index (χ1n) is 8.55.